The predicted octanol–water partition coefficient (Wildman–Crippen LogP) is -0.797. The predicted molar refractivity (Wildman–Crippen MR) is 59.0 cm³/mol. The Balaban J connectivity index is 1.98. The van der Waals surface area contributed by atoms with Gasteiger partial charge < -0.3 is 20.1 Å². The van der Waals surface area contributed by atoms with E-state index in [1.165, 1.54) is 0 Å². The van der Waals surface area contributed by atoms with Gasteiger partial charge in [0.15, 0.2) is 0 Å². The first kappa shape index (κ1) is 11.8. The van der Waals surface area contributed by atoms with Crippen molar-refractivity contribution in [2.24, 2.45) is 5.92 Å². The standard InChI is InChI=1S/C11H20N2O3/c1-7-3-4-16-10(7)11(15)13(2)8-5-12-6-9(8)14/h7-10,12,14H,3-6H2,1-2H3/t7?,8-,9-,10?/m0/s1. The second-order valence-electron chi connectivity index (χ2n) is 4.80. The molecule has 16 heavy (non-hydrogen) atoms. The van der Waals surface area contributed by atoms with E-state index < -0.39 is 6.10 Å². The minimum atomic E-state index is -0.467. The molecule has 2 saturated heterocycles. The van der Waals surface area contributed by atoms with Crippen molar-refractivity contribution < 1.29 is 14.6 Å². The number of nitrogens with zero attached hydrogens (tertiary/aromatic N) is 1. The summed E-state index contributed by atoms with van der Waals surface area (Å²) in [4.78, 5) is 13.8. The van der Waals surface area contributed by atoms with Gasteiger partial charge in [-0.2, -0.15) is 0 Å². The molecule has 0 aromatic rings. The Morgan fingerprint density at radius 3 is 2.75 bits per heavy atom. The number of ether oxygens (including phenoxy) is 1. The highest BCUT2D eigenvalue weighted by Crippen LogP contribution is 2.23. The number of amides is 1. The van der Waals surface area contributed by atoms with E-state index in [2.05, 4.69) is 5.32 Å². The number of likely N-dealkylation sites (N-methyl/N-ethyl adjacent to an activating group) is 1. The maximum Gasteiger partial charge on any atom is 0.252 e. The van der Waals surface area contributed by atoms with Gasteiger partial charge in [-0.25, -0.2) is 0 Å². The minimum absolute atomic E-state index is 0.00208. The first-order valence-electron chi connectivity index (χ1n) is 5.88. The molecule has 0 aromatic carbocycles. The Kier molecular flexibility index (Phi) is 3.47. The van der Waals surface area contributed by atoms with Crippen LogP contribution in [0, 0.1) is 5.92 Å². The van der Waals surface area contributed by atoms with Gasteiger partial charge in [-0.05, 0) is 12.3 Å². The summed E-state index contributed by atoms with van der Waals surface area (Å²) in [6.45, 7) is 3.91. The van der Waals surface area contributed by atoms with E-state index in [-0.39, 0.29) is 24.0 Å². The first-order valence-corrected chi connectivity index (χ1v) is 5.88. The van der Waals surface area contributed by atoms with E-state index in [1.54, 1.807) is 11.9 Å². The lowest BCUT2D eigenvalue weighted by molar-refractivity contribution is -0.144. The zero-order valence-electron chi connectivity index (χ0n) is 9.85. The average Bonchev–Trinajstić information content (AvgIpc) is 2.85. The molecule has 5 nitrogen and oxygen atoms in total. The summed E-state index contributed by atoms with van der Waals surface area (Å²) < 4.78 is 5.45. The zero-order valence-corrected chi connectivity index (χ0v) is 9.85. The van der Waals surface area contributed by atoms with Crippen LogP contribution in [0.15, 0.2) is 0 Å². The third kappa shape index (κ3) is 2.07. The van der Waals surface area contributed by atoms with Crippen LogP contribution in [0.2, 0.25) is 0 Å². The van der Waals surface area contributed by atoms with E-state index in [0.29, 0.717) is 19.7 Å². The van der Waals surface area contributed by atoms with Crippen LogP contribution in [0.1, 0.15) is 13.3 Å². The highest BCUT2D eigenvalue weighted by Gasteiger charge is 2.38. The highest BCUT2D eigenvalue weighted by atomic mass is 16.5. The Morgan fingerprint density at radius 2 is 2.25 bits per heavy atom. The molecule has 2 heterocycles. The molecular weight excluding hydrogens is 208 g/mol. The fraction of sp³-hybridized carbons (Fsp3) is 0.909. The third-order valence-electron chi connectivity index (χ3n) is 3.63. The van der Waals surface area contributed by atoms with Gasteiger partial charge in [0.2, 0.25) is 0 Å². The van der Waals surface area contributed by atoms with E-state index in [9.17, 15) is 9.90 Å². The van der Waals surface area contributed by atoms with Crippen molar-refractivity contribution in [3.8, 4) is 0 Å². The van der Waals surface area contributed by atoms with Crippen molar-refractivity contribution in [3.63, 3.8) is 0 Å². The smallest absolute Gasteiger partial charge is 0.252 e. The number of rotatable bonds is 2. The zero-order chi connectivity index (χ0) is 11.7. The van der Waals surface area contributed by atoms with Crippen LogP contribution in [-0.4, -0.2) is 60.9 Å². The van der Waals surface area contributed by atoms with Crippen molar-refractivity contribution >= 4 is 5.91 Å². The number of hydrogen-bond acceptors (Lipinski definition) is 4. The van der Waals surface area contributed by atoms with Crippen molar-refractivity contribution in [1.29, 1.82) is 0 Å². The molecule has 0 aliphatic carbocycles. The molecule has 0 radical (unpaired) electrons. The van der Waals surface area contributed by atoms with Crippen LogP contribution < -0.4 is 5.32 Å². The Bertz CT molecular complexity index is 272. The number of carbonyl (C=O) groups is 1. The second kappa shape index (κ2) is 4.69. The van der Waals surface area contributed by atoms with Crippen molar-refractivity contribution in [2.75, 3.05) is 26.7 Å². The summed E-state index contributed by atoms with van der Waals surface area (Å²) >= 11 is 0. The summed E-state index contributed by atoms with van der Waals surface area (Å²) in [5, 5.41) is 12.8. The van der Waals surface area contributed by atoms with E-state index >= 15 is 0 Å². The Morgan fingerprint density at radius 1 is 1.50 bits per heavy atom. The summed E-state index contributed by atoms with van der Waals surface area (Å²) in [6, 6.07) is -0.121. The molecule has 0 bridgehead atoms. The number of carbonyl (C=O) groups excluding carboxylic acids is 1. The van der Waals surface area contributed by atoms with Crippen LogP contribution in [-0.2, 0) is 9.53 Å². The number of β-amino-alcohol motifs (C(OH)–C–C–N with tert-alkyl or cyclic N) is 1. The summed E-state index contributed by atoms with van der Waals surface area (Å²) in [7, 11) is 1.75. The lowest BCUT2D eigenvalue weighted by Gasteiger charge is -2.29. The largest absolute Gasteiger partial charge is 0.390 e. The fourth-order valence-corrected chi connectivity index (χ4v) is 2.42. The van der Waals surface area contributed by atoms with Gasteiger partial charge in [-0.15, -0.1) is 0 Å². The lowest BCUT2D eigenvalue weighted by atomic mass is 10.0. The number of aliphatic hydroxyl groups is 1. The third-order valence-corrected chi connectivity index (χ3v) is 3.63. The van der Waals surface area contributed by atoms with Gasteiger partial charge in [-0.1, -0.05) is 6.92 Å². The Hall–Kier alpha value is -0.650. The summed E-state index contributed by atoms with van der Waals surface area (Å²) in [5.74, 6) is 0.277. The second-order valence-corrected chi connectivity index (χ2v) is 4.80. The summed E-state index contributed by atoms with van der Waals surface area (Å²) in [5.41, 5.74) is 0. The number of hydrogen-bond donors (Lipinski definition) is 2. The van der Waals surface area contributed by atoms with Crippen LogP contribution in [0.4, 0.5) is 0 Å². The normalized spacial score (nSPS) is 38.9. The van der Waals surface area contributed by atoms with Gasteiger partial charge >= 0.3 is 0 Å². The maximum atomic E-state index is 12.2. The van der Waals surface area contributed by atoms with Gasteiger partial charge in [0.05, 0.1) is 12.1 Å². The minimum Gasteiger partial charge on any atom is -0.390 e. The molecular formula is C11H20N2O3. The first-order chi connectivity index (χ1) is 7.61. The molecule has 2 N–H and O–H groups in total. The molecule has 2 unspecified atom stereocenters. The molecule has 0 aromatic heterocycles. The summed E-state index contributed by atoms with van der Waals surface area (Å²) in [6.07, 6.45) is 0.152. The van der Waals surface area contributed by atoms with Gasteiger partial charge in [0.1, 0.15) is 6.10 Å². The molecule has 2 aliphatic heterocycles. The molecule has 2 rings (SSSR count). The van der Waals surface area contributed by atoms with E-state index in [0.717, 1.165) is 6.42 Å². The van der Waals surface area contributed by atoms with Crippen LogP contribution in [0.5, 0.6) is 0 Å². The van der Waals surface area contributed by atoms with Crippen LogP contribution in [0.3, 0.4) is 0 Å². The lowest BCUT2D eigenvalue weighted by Crippen LogP contribution is -2.49. The molecule has 2 aliphatic rings. The molecule has 1 amide bonds. The SMILES string of the molecule is CC1CCOC1C(=O)N(C)[C@H]1CNC[C@@H]1O. The van der Waals surface area contributed by atoms with Crippen molar-refractivity contribution in [2.45, 2.75) is 31.6 Å². The van der Waals surface area contributed by atoms with E-state index in [1.807, 2.05) is 6.92 Å². The van der Waals surface area contributed by atoms with Crippen molar-refractivity contribution in [3.05, 3.63) is 0 Å². The van der Waals surface area contributed by atoms with E-state index in [4.69, 9.17) is 4.74 Å². The van der Waals surface area contributed by atoms with Gasteiger partial charge in [0.25, 0.3) is 5.91 Å². The molecule has 2 fully saturated rings. The van der Waals surface area contributed by atoms with Crippen molar-refractivity contribution in [1.82, 2.24) is 10.2 Å². The van der Waals surface area contributed by atoms with Gasteiger partial charge in [-0.3, -0.25) is 4.79 Å². The maximum absolute atomic E-state index is 12.2. The van der Waals surface area contributed by atoms with Crippen LogP contribution in [0.25, 0.3) is 0 Å². The number of aliphatic hydroxyl groups excluding tert-OH is 1. The molecule has 0 saturated carbocycles. The fourth-order valence-electron chi connectivity index (χ4n) is 2.42. The molecule has 4 atom stereocenters. The topological polar surface area (TPSA) is 61.8 Å². The molecule has 92 valence electrons. The Labute approximate surface area is 95.8 Å². The van der Waals surface area contributed by atoms with Gasteiger partial charge in [0, 0.05) is 26.7 Å². The highest BCUT2D eigenvalue weighted by molar-refractivity contribution is 5.81. The van der Waals surface area contributed by atoms with Crippen LogP contribution >= 0.6 is 0 Å². The molecule has 0 spiro atoms. The monoisotopic (exact) mass is 228 g/mol. The molecule has 5 heteroatoms. The average molecular weight is 228 g/mol. The quantitative estimate of drug-likeness (QED) is 0.650. The number of nitrogens with one attached hydrogen (secondary N) is 1.